The lowest BCUT2D eigenvalue weighted by Gasteiger charge is -2.14. The van der Waals surface area contributed by atoms with Crippen LogP contribution in [0.25, 0.3) is 16.9 Å². The third kappa shape index (κ3) is 4.73. The van der Waals surface area contributed by atoms with Crippen LogP contribution in [0.5, 0.6) is 0 Å². The lowest BCUT2D eigenvalue weighted by molar-refractivity contribution is 0.619. The van der Waals surface area contributed by atoms with Gasteiger partial charge in [0, 0.05) is 19.0 Å². The van der Waals surface area contributed by atoms with Gasteiger partial charge in [-0.2, -0.15) is 0 Å². The molecular weight excluding hydrogens is 459 g/mol. The first-order valence-electron chi connectivity index (χ1n) is 12.0. The molecule has 5 rings (SSSR count). The average molecular weight is 489 g/mol. The summed E-state index contributed by atoms with van der Waals surface area (Å²) in [6, 6.07) is 16.2. The largest absolute Gasteiger partial charge is 0.316 e. The molecule has 7 heteroatoms. The molecule has 0 saturated carbocycles. The van der Waals surface area contributed by atoms with Gasteiger partial charge in [0.15, 0.2) is 10.5 Å². The standard InChI is InChI=1S/C28H29FN4OS/c1-20-26(27(34)33(31(20)2)24-11-7-4-8-12-24)30-28-32(18-17-21-9-5-3-6-10-21)25(19-35-28)22-13-15-23(29)16-14-22/h4,7-9,11-16,19H,3,5-6,10,17-18H2,1-2H3. The van der Waals surface area contributed by atoms with Gasteiger partial charge < -0.3 is 4.57 Å². The van der Waals surface area contributed by atoms with E-state index in [0.717, 1.165) is 53.2 Å². The Morgan fingerprint density at radius 1 is 1.06 bits per heavy atom. The minimum absolute atomic E-state index is 0.144. The van der Waals surface area contributed by atoms with Crippen LogP contribution in [0.2, 0.25) is 0 Å². The molecule has 0 bridgehead atoms. The summed E-state index contributed by atoms with van der Waals surface area (Å²) in [6.45, 7) is 2.69. The number of aromatic nitrogens is 3. The highest BCUT2D eigenvalue weighted by Gasteiger charge is 2.17. The van der Waals surface area contributed by atoms with Gasteiger partial charge in [-0.15, -0.1) is 11.3 Å². The third-order valence-corrected chi connectivity index (χ3v) is 7.57. The Kier molecular flexibility index (Phi) is 6.68. The van der Waals surface area contributed by atoms with Crippen molar-refractivity contribution in [1.29, 1.82) is 0 Å². The predicted molar refractivity (Wildman–Crippen MR) is 140 cm³/mol. The number of hydrogen-bond acceptors (Lipinski definition) is 3. The van der Waals surface area contributed by atoms with Gasteiger partial charge in [-0.25, -0.2) is 14.1 Å². The summed E-state index contributed by atoms with van der Waals surface area (Å²) in [5.41, 5.74) is 5.31. The lowest BCUT2D eigenvalue weighted by atomic mass is 9.97. The molecule has 0 saturated heterocycles. The van der Waals surface area contributed by atoms with Gasteiger partial charge in [-0.1, -0.05) is 29.8 Å². The normalized spacial score (nSPS) is 14.4. The van der Waals surface area contributed by atoms with Crippen LogP contribution in [0.15, 0.2) is 81.4 Å². The van der Waals surface area contributed by atoms with Gasteiger partial charge in [-0.05, 0) is 81.0 Å². The van der Waals surface area contributed by atoms with Crippen LogP contribution in [-0.4, -0.2) is 13.9 Å². The molecule has 1 aliphatic carbocycles. The zero-order chi connectivity index (χ0) is 24.4. The predicted octanol–water partition coefficient (Wildman–Crippen LogP) is 6.28. The molecule has 0 fully saturated rings. The summed E-state index contributed by atoms with van der Waals surface area (Å²) < 4.78 is 19.3. The molecule has 2 aromatic heterocycles. The number of thiazole rings is 1. The smallest absolute Gasteiger partial charge is 0.297 e. The zero-order valence-corrected chi connectivity index (χ0v) is 20.9. The minimum atomic E-state index is -0.255. The number of nitrogens with zero attached hydrogens (tertiary/aromatic N) is 4. The number of benzene rings is 2. The van der Waals surface area contributed by atoms with Crippen molar-refractivity contribution in [1.82, 2.24) is 13.9 Å². The maximum atomic E-state index is 13.6. The maximum absolute atomic E-state index is 13.6. The van der Waals surface area contributed by atoms with Crippen LogP contribution in [-0.2, 0) is 13.6 Å². The van der Waals surface area contributed by atoms with Crippen LogP contribution in [0.3, 0.4) is 0 Å². The van der Waals surface area contributed by atoms with Crippen LogP contribution in [0, 0.1) is 12.7 Å². The molecule has 0 unspecified atom stereocenters. The summed E-state index contributed by atoms with van der Waals surface area (Å²) in [5, 5.41) is 2.05. The molecular formula is C28H29FN4OS. The molecule has 0 aliphatic heterocycles. The first kappa shape index (κ1) is 23.3. The van der Waals surface area contributed by atoms with Crippen molar-refractivity contribution in [3.8, 4) is 16.9 Å². The fourth-order valence-corrected chi connectivity index (χ4v) is 5.59. The minimum Gasteiger partial charge on any atom is -0.316 e. The Morgan fingerprint density at radius 2 is 1.83 bits per heavy atom. The second-order valence-electron chi connectivity index (χ2n) is 8.94. The van der Waals surface area contributed by atoms with E-state index in [1.807, 2.05) is 49.0 Å². The van der Waals surface area contributed by atoms with Crippen molar-refractivity contribution in [2.45, 2.75) is 45.6 Å². The van der Waals surface area contributed by atoms with E-state index < -0.39 is 0 Å². The van der Waals surface area contributed by atoms with E-state index in [0.29, 0.717) is 5.69 Å². The molecule has 2 heterocycles. The monoisotopic (exact) mass is 488 g/mol. The summed E-state index contributed by atoms with van der Waals surface area (Å²) in [6.07, 6.45) is 8.10. The quantitative estimate of drug-likeness (QED) is 0.295. The van der Waals surface area contributed by atoms with Crippen LogP contribution >= 0.6 is 11.3 Å². The summed E-state index contributed by atoms with van der Waals surface area (Å²) in [5.74, 6) is -0.255. The van der Waals surface area contributed by atoms with E-state index in [9.17, 15) is 9.18 Å². The van der Waals surface area contributed by atoms with E-state index in [2.05, 4.69) is 16.0 Å². The maximum Gasteiger partial charge on any atom is 0.297 e. The second kappa shape index (κ2) is 10.0. The van der Waals surface area contributed by atoms with Crippen molar-refractivity contribution in [2.24, 2.45) is 12.0 Å². The number of para-hydroxylation sites is 1. The van der Waals surface area contributed by atoms with Crippen molar-refractivity contribution in [3.63, 3.8) is 0 Å². The van der Waals surface area contributed by atoms with E-state index in [1.54, 1.807) is 16.8 Å². The molecule has 0 N–H and O–H groups in total. The van der Waals surface area contributed by atoms with Gasteiger partial charge >= 0.3 is 0 Å². The Morgan fingerprint density at radius 3 is 2.54 bits per heavy atom. The van der Waals surface area contributed by atoms with Crippen molar-refractivity contribution in [2.75, 3.05) is 0 Å². The molecule has 0 radical (unpaired) electrons. The Labute approximate surface area is 208 Å². The number of allylic oxidation sites excluding steroid dienone is 2. The highest BCUT2D eigenvalue weighted by molar-refractivity contribution is 7.07. The Balaban J connectivity index is 1.62. The fraction of sp³-hybridized carbons (Fsp3) is 0.286. The summed E-state index contributed by atoms with van der Waals surface area (Å²) >= 11 is 1.51. The van der Waals surface area contributed by atoms with E-state index >= 15 is 0 Å². The van der Waals surface area contributed by atoms with Crippen molar-refractivity contribution >= 4 is 17.0 Å². The Bertz CT molecular complexity index is 1490. The first-order chi connectivity index (χ1) is 17.0. The number of rotatable bonds is 6. The summed E-state index contributed by atoms with van der Waals surface area (Å²) in [4.78, 5) is 19.1. The van der Waals surface area contributed by atoms with Crippen LogP contribution < -0.4 is 10.4 Å². The summed E-state index contributed by atoms with van der Waals surface area (Å²) in [7, 11) is 1.88. The highest BCUT2D eigenvalue weighted by Crippen LogP contribution is 2.25. The molecule has 35 heavy (non-hydrogen) atoms. The van der Waals surface area contributed by atoms with Gasteiger partial charge in [0.05, 0.1) is 17.1 Å². The molecule has 1 aliphatic rings. The molecule has 0 amide bonds. The average Bonchev–Trinajstić information content (AvgIpc) is 3.38. The highest BCUT2D eigenvalue weighted by atomic mass is 32.1. The van der Waals surface area contributed by atoms with E-state index in [-0.39, 0.29) is 11.4 Å². The second-order valence-corrected chi connectivity index (χ2v) is 9.78. The van der Waals surface area contributed by atoms with Crippen LogP contribution in [0.4, 0.5) is 10.1 Å². The van der Waals surface area contributed by atoms with Crippen molar-refractivity contribution < 1.29 is 4.39 Å². The molecule has 5 nitrogen and oxygen atoms in total. The van der Waals surface area contributed by atoms with E-state index in [4.69, 9.17) is 4.99 Å². The van der Waals surface area contributed by atoms with Gasteiger partial charge in [0.25, 0.3) is 5.56 Å². The molecule has 2 aromatic carbocycles. The molecule has 0 atom stereocenters. The van der Waals surface area contributed by atoms with Gasteiger partial charge in [-0.3, -0.25) is 9.48 Å². The topological polar surface area (TPSA) is 44.2 Å². The van der Waals surface area contributed by atoms with Gasteiger partial charge in [0.1, 0.15) is 5.82 Å². The molecule has 0 spiro atoms. The fourth-order valence-electron chi connectivity index (χ4n) is 4.65. The number of halogens is 1. The lowest BCUT2D eigenvalue weighted by Crippen LogP contribution is -2.20. The molecule has 4 aromatic rings. The number of hydrogen-bond donors (Lipinski definition) is 0. The zero-order valence-electron chi connectivity index (χ0n) is 20.1. The third-order valence-electron chi connectivity index (χ3n) is 6.71. The van der Waals surface area contributed by atoms with E-state index in [1.165, 1.54) is 41.9 Å². The van der Waals surface area contributed by atoms with Crippen LogP contribution in [0.1, 0.15) is 37.8 Å². The van der Waals surface area contributed by atoms with Gasteiger partial charge in [0.2, 0.25) is 0 Å². The van der Waals surface area contributed by atoms with Crippen molar-refractivity contribution in [3.05, 3.63) is 98.3 Å². The first-order valence-corrected chi connectivity index (χ1v) is 12.9. The molecule has 180 valence electrons. The Hall–Kier alpha value is -3.45. The SMILES string of the molecule is Cc1c(N=c2scc(-c3ccc(F)cc3)n2CCC2=CCCCC2)c(=O)n(-c2ccccc2)n1C.